The molecule has 0 heterocycles. The summed E-state index contributed by atoms with van der Waals surface area (Å²) in [5, 5.41) is 0.699. The van der Waals surface area contributed by atoms with Gasteiger partial charge in [-0.25, -0.2) is 13.2 Å². The number of sulfone groups is 1. The first-order chi connectivity index (χ1) is 15.2. The fourth-order valence-electron chi connectivity index (χ4n) is 4.62. The molecule has 0 bridgehead atoms. The van der Waals surface area contributed by atoms with Crippen LogP contribution in [0.5, 0.6) is 0 Å². The van der Waals surface area contributed by atoms with E-state index in [1.807, 2.05) is 24.3 Å². The molecule has 3 rings (SSSR count). The van der Waals surface area contributed by atoms with Crippen LogP contribution in [0.2, 0.25) is 5.02 Å². The second-order valence-electron chi connectivity index (χ2n) is 8.56. The van der Waals surface area contributed by atoms with Gasteiger partial charge in [-0.05, 0) is 67.5 Å². The first-order valence-electron chi connectivity index (χ1n) is 10.8. The number of benzene rings is 2. The lowest BCUT2D eigenvalue weighted by atomic mass is 9.68. The van der Waals surface area contributed by atoms with Gasteiger partial charge in [0.2, 0.25) is 0 Å². The number of carbonyl (C=O) groups is 1. The van der Waals surface area contributed by atoms with Crippen LogP contribution in [0.25, 0.3) is 0 Å². The van der Waals surface area contributed by atoms with Crippen LogP contribution in [0.15, 0.2) is 53.4 Å². The van der Waals surface area contributed by atoms with Crippen LogP contribution in [-0.2, 0) is 26.4 Å². The van der Waals surface area contributed by atoms with E-state index < -0.39 is 9.84 Å². The van der Waals surface area contributed by atoms with Gasteiger partial charge in [-0.2, -0.15) is 0 Å². The maximum absolute atomic E-state index is 12.6. The summed E-state index contributed by atoms with van der Waals surface area (Å²) in [5.74, 6) is 0. The Balaban J connectivity index is 0.00000385. The van der Waals surface area contributed by atoms with Crippen LogP contribution in [0.1, 0.15) is 36.8 Å². The molecular formula is C24H32Cl2N2O4S. The van der Waals surface area contributed by atoms with Gasteiger partial charge in [-0.15, -0.1) is 12.4 Å². The fraction of sp³-hybridized carbons (Fsp3) is 0.458. The largest absolute Gasteiger partial charge is 0.453 e. The molecule has 0 radical (unpaired) electrons. The minimum absolute atomic E-state index is 0. The van der Waals surface area contributed by atoms with Crippen molar-refractivity contribution >= 4 is 39.9 Å². The van der Waals surface area contributed by atoms with Crippen molar-refractivity contribution in [1.82, 2.24) is 4.90 Å². The third-order valence-corrected chi connectivity index (χ3v) is 7.90. The molecule has 1 amide bonds. The minimum atomic E-state index is -3.28. The van der Waals surface area contributed by atoms with Gasteiger partial charge in [0.25, 0.3) is 0 Å². The van der Waals surface area contributed by atoms with E-state index in [4.69, 9.17) is 22.1 Å². The molecule has 1 aliphatic rings. The molecule has 0 unspecified atom stereocenters. The number of hydrogen-bond acceptors (Lipinski definition) is 5. The van der Waals surface area contributed by atoms with Gasteiger partial charge in [0.05, 0.1) is 12.0 Å². The van der Waals surface area contributed by atoms with Crippen LogP contribution >= 0.6 is 24.0 Å². The second-order valence-corrected chi connectivity index (χ2v) is 11.0. The normalized spacial score (nSPS) is 20.5. The highest BCUT2D eigenvalue weighted by Crippen LogP contribution is 2.41. The average Bonchev–Trinajstić information content (AvgIpc) is 2.79. The summed E-state index contributed by atoms with van der Waals surface area (Å²) < 4.78 is 28.8. The summed E-state index contributed by atoms with van der Waals surface area (Å²) in [6.45, 7) is 0.980. The Morgan fingerprint density at radius 2 is 1.85 bits per heavy atom. The molecule has 2 aromatic carbocycles. The van der Waals surface area contributed by atoms with Crippen molar-refractivity contribution in [3.63, 3.8) is 0 Å². The highest BCUT2D eigenvalue weighted by atomic mass is 35.5. The zero-order valence-corrected chi connectivity index (χ0v) is 21.4. The van der Waals surface area contributed by atoms with Gasteiger partial charge in [0.15, 0.2) is 9.84 Å². The molecule has 0 aromatic heterocycles. The van der Waals surface area contributed by atoms with Crippen molar-refractivity contribution in [2.45, 2.75) is 48.5 Å². The summed E-state index contributed by atoms with van der Waals surface area (Å²) in [6, 6.07) is 14.8. The van der Waals surface area contributed by atoms with Gasteiger partial charge < -0.3 is 15.4 Å². The molecule has 0 spiro atoms. The first kappa shape index (κ1) is 27.4. The van der Waals surface area contributed by atoms with E-state index in [1.54, 1.807) is 23.1 Å². The Morgan fingerprint density at radius 1 is 1.18 bits per heavy atom. The number of nitrogens with two attached hydrogens (primary N) is 1. The monoisotopic (exact) mass is 514 g/mol. The summed E-state index contributed by atoms with van der Waals surface area (Å²) >= 11 is 6.21. The highest BCUT2D eigenvalue weighted by molar-refractivity contribution is 7.90. The Kier molecular flexibility index (Phi) is 9.61. The van der Waals surface area contributed by atoms with Crippen LogP contribution in [0.4, 0.5) is 4.79 Å². The summed E-state index contributed by atoms with van der Waals surface area (Å²) in [4.78, 5) is 14.6. The quantitative estimate of drug-likeness (QED) is 0.582. The summed E-state index contributed by atoms with van der Waals surface area (Å²) in [5.41, 5.74) is 8.08. The standard InChI is InChI=1S/C24H31ClN2O4S.ClH/c1-31-23(28)27(14-11-18-5-3-8-22(15-18)32(2,29)30)21-9-12-24(17-26,13-10-21)19-6-4-7-20(25)16-19;/h3-8,15-16,21H,9-14,17,26H2,1-2H3;1H/t21-,24+;. The lowest BCUT2D eigenvalue weighted by molar-refractivity contribution is 0.0844. The van der Waals surface area contributed by atoms with Crippen LogP contribution in [0.3, 0.4) is 0 Å². The Morgan fingerprint density at radius 3 is 2.42 bits per heavy atom. The smallest absolute Gasteiger partial charge is 0.409 e. The van der Waals surface area contributed by atoms with E-state index in [0.717, 1.165) is 36.8 Å². The van der Waals surface area contributed by atoms with Crippen molar-refractivity contribution < 1.29 is 17.9 Å². The Labute approximate surface area is 207 Å². The molecule has 0 aliphatic heterocycles. The first-order valence-corrected chi connectivity index (χ1v) is 13.1. The van der Waals surface area contributed by atoms with Crippen molar-refractivity contribution in [2.75, 3.05) is 26.5 Å². The molecule has 2 N–H and O–H groups in total. The van der Waals surface area contributed by atoms with Gasteiger partial charge >= 0.3 is 6.09 Å². The van der Waals surface area contributed by atoms with E-state index in [1.165, 1.54) is 13.4 Å². The molecule has 1 fully saturated rings. The fourth-order valence-corrected chi connectivity index (χ4v) is 5.50. The molecule has 2 aromatic rings. The van der Waals surface area contributed by atoms with Gasteiger partial charge in [0, 0.05) is 35.8 Å². The molecule has 33 heavy (non-hydrogen) atoms. The Bertz CT molecular complexity index is 1050. The van der Waals surface area contributed by atoms with Gasteiger partial charge in [0.1, 0.15) is 0 Å². The number of rotatable bonds is 7. The number of amides is 1. The predicted octanol–water partition coefficient (Wildman–Crippen LogP) is 4.62. The van der Waals surface area contributed by atoms with E-state index in [2.05, 4.69) is 6.07 Å². The van der Waals surface area contributed by atoms with Gasteiger partial charge in [-0.1, -0.05) is 35.9 Å². The number of methoxy groups -OCH3 is 1. The second kappa shape index (κ2) is 11.6. The third-order valence-electron chi connectivity index (χ3n) is 6.56. The van der Waals surface area contributed by atoms with Gasteiger partial charge in [-0.3, -0.25) is 0 Å². The van der Waals surface area contributed by atoms with Crippen LogP contribution in [0, 0.1) is 0 Å². The maximum atomic E-state index is 12.6. The lowest BCUT2D eigenvalue weighted by Gasteiger charge is -2.43. The summed E-state index contributed by atoms with van der Waals surface area (Å²) in [7, 11) is -1.89. The molecular weight excluding hydrogens is 483 g/mol. The summed E-state index contributed by atoms with van der Waals surface area (Å²) in [6.07, 6.45) is 4.70. The molecule has 0 saturated heterocycles. The number of halogens is 2. The lowest BCUT2D eigenvalue weighted by Crippen LogP contribution is -2.48. The van der Waals surface area contributed by atoms with E-state index >= 15 is 0 Å². The number of ether oxygens (including phenoxy) is 1. The number of carbonyl (C=O) groups excluding carboxylic acids is 1. The molecule has 1 aliphatic carbocycles. The van der Waals surface area contributed by atoms with Crippen molar-refractivity contribution in [3.8, 4) is 0 Å². The Hall–Kier alpha value is -1.80. The zero-order chi connectivity index (χ0) is 23.4. The van der Waals surface area contributed by atoms with Crippen molar-refractivity contribution in [2.24, 2.45) is 5.73 Å². The van der Waals surface area contributed by atoms with Crippen LogP contribution in [-0.4, -0.2) is 51.9 Å². The topological polar surface area (TPSA) is 89.7 Å². The molecule has 9 heteroatoms. The van der Waals surface area contributed by atoms with E-state index in [9.17, 15) is 13.2 Å². The van der Waals surface area contributed by atoms with E-state index in [0.29, 0.717) is 24.5 Å². The number of nitrogens with zero attached hydrogens (tertiary/aromatic N) is 1. The maximum Gasteiger partial charge on any atom is 0.409 e. The molecule has 182 valence electrons. The molecule has 0 atom stereocenters. The number of hydrogen-bond donors (Lipinski definition) is 1. The van der Waals surface area contributed by atoms with Crippen LogP contribution < -0.4 is 5.73 Å². The third kappa shape index (κ3) is 6.63. The average molecular weight is 516 g/mol. The zero-order valence-electron chi connectivity index (χ0n) is 19.0. The minimum Gasteiger partial charge on any atom is -0.453 e. The van der Waals surface area contributed by atoms with Crippen molar-refractivity contribution in [3.05, 3.63) is 64.7 Å². The molecule has 6 nitrogen and oxygen atoms in total. The highest BCUT2D eigenvalue weighted by Gasteiger charge is 2.38. The predicted molar refractivity (Wildman–Crippen MR) is 134 cm³/mol. The SMILES string of the molecule is COC(=O)N(CCc1cccc(S(C)(=O)=O)c1)[C@H]1CC[C@@](CN)(c2cccc(Cl)c2)CC1.Cl. The van der Waals surface area contributed by atoms with Crippen molar-refractivity contribution in [1.29, 1.82) is 0 Å². The molecule has 1 saturated carbocycles. The van der Waals surface area contributed by atoms with E-state index in [-0.39, 0.29) is 34.9 Å².